The summed E-state index contributed by atoms with van der Waals surface area (Å²) in [7, 11) is 0. The van der Waals surface area contributed by atoms with E-state index >= 15 is 0 Å². The lowest BCUT2D eigenvalue weighted by Gasteiger charge is -2.25. The number of nitrogens with zero attached hydrogens (tertiary/aromatic N) is 1. The molecule has 0 bridgehead atoms. The Morgan fingerprint density at radius 1 is 1.18 bits per heavy atom. The molecule has 2 aromatic rings. The molecule has 1 N–H and O–H groups in total. The summed E-state index contributed by atoms with van der Waals surface area (Å²) >= 11 is 5.49. The van der Waals surface area contributed by atoms with E-state index in [2.05, 4.69) is 29.3 Å². The summed E-state index contributed by atoms with van der Waals surface area (Å²) in [6.45, 7) is 5.46. The Morgan fingerprint density at radius 2 is 1.91 bits per heavy atom. The lowest BCUT2D eigenvalue weighted by Crippen LogP contribution is -2.34. The minimum Gasteiger partial charge on any atom is -0.345 e. The highest BCUT2D eigenvalue weighted by Gasteiger charge is 2.10. The van der Waals surface area contributed by atoms with Crippen LogP contribution >= 0.6 is 12.2 Å². The maximum atomic E-state index is 13.6. The topological polar surface area (TPSA) is 15.3 Å². The molecule has 2 aromatic carbocycles. The molecule has 2 nitrogen and oxygen atoms in total. The fourth-order valence-corrected chi connectivity index (χ4v) is 2.47. The minimum atomic E-state index is -0.224. The lowest BCUT2D eigenvalue weighted by atomic mass is 10.2. The first-order chi connectivity index (χ1) is 10.6. The van der Waals surface area contributed by atoms with E-state index in [1.807, 2.05) is 24.3 Å². The molecule has 0 fully saturated rings. The Bertz CT molecular complexity index is 628. The van der Waals surface area contributed by atoms with Crippen LogP contribution in [-0.2, 0) is 6.54 Å². The number of aryl methyl sites for hydroxylation is 1. The maximum Gasteiger partial charge on any atom is 0.173 e. The van der Waals surface area contributed by atoms with E-state index in [-0.39, 0.29) is 5.82 Å². The standard InChI is InChI=1S/C18H21FN2S/c1-3-11-21(13-15-7-5-4-6-8-15)18(22)20-16-10-9-14(2)17(19)12-16/h4-10,12H,3,11,13H2,1-2H3,(H,20,22). The zero-order valence-electron chi connectivity index (χ0n) is 13.0. The summed E-state index contributed by atoms with van der Waals surface area (Å²) in [5.74, 6) is -0.224. The van der Waals surface area contributed by atoms with Gasteiger partial charge in [0.15, 0.2) is 5.11 Å². The number of benzene rings is 2. The highest BCUT2D eigenvalue weighted by Crippen LogP contribution is 2.15. The van der Waals surface area contributed by atoms with Crippen LogP contribution < -0.4 is 5.32 Å². The second-order valence-corrected chi connectivity index (χ2v) is 5.69. The first kappa shape index (κ1) is 16.4. The number of thiocarbonyl (C=S) groups is 1. The van der Waals surface area contributed by atoms with Gasteiger partial charge in [-0.3, -0.25) is 0 Å². The first-order valence-electron chi connectivity index (χ1n) is 7.46. The molecule has 0 aliphatic heterocycles. The predicted octanol–water partition coefficient (Wildman–Crippen LogP) is 4.74. The predicted molar refractivity (Wildman–Crippen MR) is 94.5 cm³/mol. The van der Waals surface area contributed by atoms with Gasteiger partial charge in [0.2, 0.25) is 0 Å². The molecule has 0 heterocycles. The smallest absolute Gasteiger partial charge is 0.173 e. The summed E-state index contributed by atoms with van der Waals surface area (Å²) in [5, 5.41) is 3.75. The van der Waals surface area contributed by atoms with Gasteiger partial charge in [0, 0.05) is 18.8 Å². The third-order valence-corrected chi connectivity index (χ3v) is 3.78. The number of anilines is 1. The van der Waals surface area contributed by atoms with Crippen LogP contribution in [0.2, 0.25) is 0 Å². The number of rotatable bonds is 5. The molecule has 0 unspecified atom stereocenters. The van der Waals surface area contributed by atoms with Crippen LogP contribution in [0.5, 0.6) is 0 Å². The van der Waals surface area contributed by atoms with Gasteiger partial charge in [-0.25, -0.2) is 4.39 Å². The molecule has 2 rings (SSSR count). The van der Waals surface area contributed by atoms with Gasteiger partial charge in [-0.1, -0.05) is 43.3 Å². The van der Waals surface area contributed by atoms with Crippen LogP contribution in [0.4, 0.5) is 10.1 Å². The third kappa shape index (κ3) is 4.53. The number of hydrogen-bond donors (Lipinski definition) is 1. The van der Waals surface area contributed by atoms with Crippen molar-refractivity contribution in [2.24, 2.45) is 0 Å². The molecule has 116 valence electrons. The molecule has 0 amide bonds. The Labute approximate surface area is 137 Å². The molecule has 0 aliphatic rings. The molecule has 0 atom stereocenters. The summed E-state index contributed by atoms with van der Waals surface area (Å²) in [5.41, 5.74) is 2.52. The van der Waals surface area contributed by atoms with E-state index < -0.39 is 0 Å². The highest BCUT2D eigenvalue weighted by molar-refractivity contribution is 7.80. The Morgan fingerprint density at radius 3 is 2.55 bits per heavy atom. The Balaban J connectivity index is 2.07. The zero-order chi connectivity index (χ0) is 15.9. The van der Waals surface area contributed by atoms with Crippen LogP contribution in [0.1, 0.15) is 24.5 Å². The van der Waals surface area contributed by atoms with Gasteiger partial charge in [-0.15, -0.1) is 0 Å². The van der Waals surface area contributed by atoms with Crippen molar-refractivity contribution >= 4 is 23.0 Å². The van der Waals surface area contributed by atoms with Crippen LogP contribution in [0, 0.1) is 12.7 Å². The summed E-state index contributed by atoms with van der Waals surface area (Å²) in [4.78, 5) is 2.10. The molecule has 4 heteroatoms. The molecule has 0 aliphatic carbocycles. The van der Waals surface area contributed by atoms with Gasteiger partial charge >= 0.3 is 0 Å². The van der Waals surface area contributed by atoms with Crippen LogP contribution in [0.25, 0.3) is 0 Å². The van der Waals surface area contributed by atoms with Crippen molar-refractivity contribution in [1.29, 1.82) is 0 Å². The van der Waals surface area contributed by atoms with Crippen molar-refractivity contribution < 1.29 is 4.39 Å². The highest BCUT2D eigenvalue weighted by atomic mass is 32.1. The van der Waals surface area contributed by atoms with Crippen molar-refractivity contribution in [3.05, 3.63) is 65.5 Å². The van der Waals surface area contributed by atoms with Crippen molar-refractivity contribution in [2.45, 2.75) is 26.8 Å². The molecule has 22 heavy (non-hydrogen) atoms. The van der Waals surface area contributed by atoms with E-state index in [4.69, 9.17) is 12.2 Å². The molecular formula is C18H21FN2S. The largest absolute Gasteiger partial charge is 0.345 e. The van der Waals surface area contributed by atoms with Crippen LogP contribution in [-0.4, -0.2) is 16.6 Å². The Kier molecular flexibility index (Phi) is 5.90. The average molecular weight is 316 g/mol. The first-order valence-corrected chi connectivity index (χ1v) is 7.87. The van der Waals surface area contributed by atoms with E-state index in [1.54, 1.807) is 13.0 Å². The van der Waals surface area contributed by atoms with Gasteiger partial charge in [0.1, 0.15) is 5.82 Å². The number of nitrogens with one attached hydrogen (secondary N) is 1. The molecule has 0 aromatic heterocycles. The molecule has 0 spiro atoms. The van der Waals surface area contributed by atoms with E-state index in [1.165, 1.54) is 11.6 Å². The summed E-state index contributed by atoms with van der Waals surface area (Å²) in [6.07, 6.45) is 0.997. The quantitative estimate of drug-likeness (QED) is 0.802. The van der Waals surface area contributed by atoms with Gasteiger partial charge in [-0.05, 0) is 48.8 Å². The molecule has 0 saturated carbocycles. The fraction of sp³-hybridized carbons (Fsp3) is 0.278. The van der Waals surface area contributed by atoms with E-state index in [9.17, 15) is 4.39 Å². The molecule has 0 radical (unpaired) electrons. The van der Waals surface area contributed by atoms with Crippen LogP contribution in [0.15, 0.2) is 48.5 Å². The van der Waals surface area contributed by atoms with Gasteiger partial charge < -0.3 is 10.2 Å². The van der Waals surface area contributed by atoms with Crippen molar-refractivity contribution in [2.75, 3.05) is 11.9 Å². The lowest BCUT2D eigenvalue weighted by molar-refractivity contribution is 0.418. The number of halogens is 1. The third-order valence-electron chi connectivity index (χ3n) is 3.42. The van der Waals surface area contributed by atoms with E-state index in [0.717, 1.165) is 19.5 Å². The SMILES string of the molecule is CCCN(Cc1ccccc1)C(=S)Nc1ccc(C)c(F)c1. The monoisotopic (exact) mass is 316 g/mol. The zero-order valence-corrected chi connectivity index (χ0v) is 13.8. The van der Waals surface area contributed by atoms with Crippen molar-refractivity contribution in [3.63, 3.8) is 0 Å². The fourth-order valence-electron chi connectivity index (χ4n) is 2.20. The second kappa shape index (κ2) is 7.90. The molecule has 0 saturated heterocycles. The summed E-state index contributed by atoms with van der Waals surface area (Å²) < 4.78 is 13.6. The van der Waals surface area contributed by atoms with E-state index in [0.29, 0.717) is 16.4 Å². The van der Waals surface area contributed by atoms with Gasteiger partial charge in [0.05, 0.1) is 0 Å². The van der Waals surface area contributed by atoms with Gasteiger partial charge in [-0.2, -0.15) is 0 Å². The van der Waals surface area contributed by atoms with Gasteiger partial charge in [0.25, 0.3) is 0 Å². The minimum absolute atomic E-state index is 0.224. The second-order valence-electron chi connectivity index (χ2n) is 5.30. The van der Waals surface area contributed by atoms with Crippen LogP contribution in [0.3, 0.4) is 0 Å². The normalized spacial score (nSPS) is 10.3. The number of hydrogen-bond acceptors (Lipinski definition) is 1. The van der Waals surface area contributed by atoms with Crippen molar-refractivity contribution in [3.8, 4) is 0 Å². The molecular weight excluding hydrogens is 295 g/mol. The summed E-state index contributed by atoms with van der Waals surface area (Å²) in [6, 6.07) is 15.3. The average Bonchev–Trinajstić information content (AvgIpc) is 2.51. The Hall–Kier alpha value is -1.94. The maximum absolute atomic E-state index is 13.6. The van der Waals surface area contributed by atoms with Crippen molar-refractivity contribution in [1.82, 2.24) is 4.90 Å².